The van der Waals surface area contributed by atoms with Crippen LogP contribution in [0.25, 0.3) is 12.2 Å². The highest BCUT2D eigenvalue weighted by Crippen LogP contribution is 2.42. The molecule has 0 aliphatic carbocycles. The number of azo groups is 2. The quantitative estimate of drug-likeness (QED) is 0.0587. The number of hydrogen-bond acceptors (Lipinski definition) is 12. The van der Waals surface area contributed by atoms with Gasteiger partial charge in [-0.25, -0.2) is 9.59 Å². The third-order valence-electron chi connectivity index (χ3n) is 6.66. The molecule has 4 aromatic carbocycles. The number of carbonyl (C=O) groups excluding carboxylic acids is 2. The number of rotatable bonds is 14. The Bertz CT molecular complexity index is 1910. The predicted molar refractivity (Wildman–Crippen MR) is 177 cm³/mol. The maximum Gasteiger partial charge on any atom is 0.335 e. The Morgan fingerprint density at radius 3 is 1.39 bits per heavy atom. The van der Waals surface area contributed by atoms with Gasteiger partial charge in [0.05, 0.1) is 43.1 Å². The summed E-state index contributed by atoms with van der Waals surface area (Å²) in [5.74, 6) is -4.02. The number of aromatic hydroxyl groups is 2. The van der Waals surface area contributed by atoms with E-state index in [4.69, 9.17) is 9.47 Å². The number of nitrogens with zero attached hydrogens (tertiary/aromatic N) is 4. The summed E-state index contributed by atoms with van der Waals surface area (Å²) in [4.78, 5) is 48.1. The van der Waals surface area contributed by atoms with Gasteiger partial charge in [0.2, 0.25) is 0 Å². The molecule has 248 valence electrons. The number of phenolic OH excluding ortho intramolecular Hbond substituents is 2. The fourth-order valence-electron chi connectivity index (χ4n) is 4.30. The minimum absolute atomic E-state index is 0.00260. The van der Waals surface area contributed by atoms with E-state index < -0.39 is 29.9 Å². The Balaban J connectivity index is 1.53. The van der Waals surface area contributed by atoms with E-state index in [9.17, 15) is 39.6 Å². The summed E-state index contributed by atoms with van der Waals surface area (Å²) in [6.45, 7) is 0. The molecule has 0 bridgehead atoms. The summed E-state index contributed by atoms with van der Waals surface area (Å²) >= 11 is 0. The SMILES string of the molecule is COc1c(O)ccc(C=CC(=O)CC(=O)C=Cc2ccc(O)c(OC)c2N=Nc2cccc(C(=O)O)c2)c1N=Nc1cccc(C(=O)O)c1. The van der Waals surface area contributed by atoms with Gasteiger partial charge in [-0.05, 0) is 85.0 Å². The van der Waals surface area contributed by atoms with Gasteiger partial charge in [0, 0.05) is 11.1 Å². The molecular weight excluding hydrogens is 636 g/mol. The molecule has 14 heteroatoms. The second kappa shape index (κ2) is 16.0. The van der Waals surface area contributed by atoms with Crippen LogP contribution in [-0.4, -0.2) is 58.2 Å². The lowest BCUT2D eigenvalue weighted by Crippen LogP contribution is -2.02. The summed E-state index contributed by atoms with van der Waals surface area (Å²) in [6, 6.07) is 17.0. The van der Waals surface area contributed by atoms with E-state index in [2.05, 4.69) is 20.5 Å². The van der Waals surface area contributed by atoms with E-state index >= 15 is 0 Å². The van der Waals surface area contributed by atoms with Gasteiger partial charge in [-0.15, -0.1) is 10.2 Å². The Labute approximate surface area is 278 Å². The summed E-state index contributed by atoms with van der Waals surface area (Å²) in [6.07, 6.45) is 4.51. The highest BCUT2D eigenvalue weighted by atomic mass is 16.5. The van der Waals surface area contributed by atoms with Crippen molar-refractivity contribution < 1.29 is 49.1 Å². The van der Waals surface area contributed by atoms with E-state index in [0.29, 0.717) is 11.1 Å². The Kier molecular flexibility index (Phi) is 11.4. The van der Waals surface area contributed by atoms with Crippen LogP contribution in [-0.2, 0) is 9.59 Å². The van der Waals surface area contributed by atoms with Crippen molar-refractivity contribution in [3.05, 3.63) is 107 Å². The molecule has 0 radical (unpaired) electrons. The van der Waals surface area contributed by atoms with Crippen molar-refractivity contribution in [3.8, 4) is 23.0 Å². The van der Waals surface area contributed by atoms with E-state index in [0.717, 1.165) is 12.2 Å². The van der Waals surface area contributed by atoms with E-state index in [1.54, 1.807) is 0 Å². The maximum atomic E-state index is 12.7. The van der Waals surface area contributed by atoms with Crippen molar-refractivity contribution in [1.29, 1.82) is 0 Å². The molecular formula is C35H28N4O10. The Morgan fingerprint density at radius 2 is 1.02 bits per heavy atom. The summed E-state index contributed by atoms with van der Waals surface area (Å²) < 4.78 is 10.5. The first-order chi connectivity index (χ1) is 23.5. The first-order valence-corrected chi connectivity index (χ1v) is 14.2. The second-order valence-electron chi connectivity index (χ2n) is 10.00. The zero-order valence-corrected chi connectivity index (χ0v) is 26.0. The number of phenols is 2. The number of carboxylic acids is 2. The molecule has 0 heterocycles. The van der Waals surface area contributed by atoms with Gasteiger partial charge in [-0.1, -0.05) is 12.1 Å². The van der Waals surface area contributed by atoms with Crippen LogP contribution < -0.4 is 9.47 Å². The monoisotopic (exact) mass is 664 g/mol. The van der Waals surface area contributed by atoms with Crippen molar-refractivity contribution in [1.82, 2.24) is 0 Å². The Hall–Kier alpha value is -6.96. The predicted octanol–water partition coefficient (Wildman–Crippen LogP) is 7.60. The molecule has 0 aliphatic heterocycles. The third-order valence-corrected chi connectivity index (χ3v) is 6.66. The van der Waals surface area contributed by atoms with Gasteiger partial charge in [0.1, 0.15) is 11.4 Å². The van der Waals surface area contributed by atoms with Crippen LogP contribution in [0.3, 0.4) is 0 Å². The van der Waals surface area contributed by atoms with Gasteiger partial charge < -0.3 is 29.9 Å². The van der Waals surface area contributed by atoms with Gasteiger partial charge in [-0.2, -0.15) is 10.2 Å². The molecule has 49 heavy (non-hydrogen) atoms. The second-order valence-corrected chi connectivity index (χ2v) is 10.00. The van der Waals surface area contributed by atoms with Crippen molar-refractivity contribution in [2.45, 2.75) is 6.42 Å². The van der Waals surface area contributed by atoms with Crippen LogP contribution in [0.1, 0.15) is 38.3 Å². The highest BCUT2D eigenvalue weighted by molar-refractivity contribution is 6.11. The molecule has 0 saturated heterocycles. The molecule has 0 atom stereocenters. The highest BCUT2D eigenvalue weighted by Gasteiger charge is 2.15. The smallest absolute Gasteiger partial charge is 0.335 e. The standard InChI is InChI=1S/C35H28N4O10/c1-48-32-28(42)15-11-20(30(32)38-36-24-7-3-5-22(17-24)34(44)45)9-13-26(40)19-27(41)14-10-21-12-16-29(43)33(49-2)31(21)39-37-25-8-4-6-23(18-25)35(46)47/h3-18,42-43H,19H2,1-2H3,(H,44,45)(H,46,47). The summed E-state index contributed by atoms with van der Waals surface area (Å²) in [7, 11) is 2.60. The third kappa shape index (κ3) is 9.07. The Morgan fingerprint density at radius 1 is 0.612 bits per heavy atom. The fraction of sp³-hybridized carbons (Fsp3) is 0.0857. The van der Waals surface area contributed by atoms with Crippen LogP contribution in [0.15, 0.2) is 105 Å². The lowest BCUT2D eigenvalue weighted by molar-refractivity contribution is -0.121. The van der Waals surface area contributed by atoms with Gasteiger partial charge >= 0.3 is 11.9 Å². The normalized spacial score (nSPS) is 11.5. The molecule has 0 unspecified atom stereocenters. The van der Waals surface area contributed by atoms with Crippen LogP contribution >= 0.6 is 0 Å². The average molecular weight is 665 g/mol. The van der Waals surface area contributed by atoms with E-state index in [-0.39, 0.29) is 56.9 Å². The first-order valence-electron chi connectivity index (χ1n) is 14.2. The van der Waals surface area contributed by atoms with Crippen molar-refractivity contribution in [2.24, 2.45) is 20.5 Å². The average Bonchev–Trinajstić information content (AvgIpc) is 3.09. The molecule has 14 nitrogen and oxygen atoms in total. The molecule has 0 spiro atoms. The topological polar surface area (TPSA) is 217 Å². The van der Waals surface area contributed by atoms with Gasteiger partial charge in [-0.3, -0.25) is 9.59 Å². The number of methoxy groups -OCH3 is 2. The molecule has 4 aromatic rings. The van der Waals surface area contributed by atoms with Crippen LogP contribution in [0.5, 0.6) is 23.0 Å². The number of carboxylic acid groups (broad SMARTS) is 2. The van der Waals surface area contributed by atoms with Crippen LogP contribution in [0.2, 0.25) is 0 Å². The van der Waals surface area contributed by atoms with E-state index in [1.165, 1.54) is 99.2 Å². The minimum Gasteiger partial charge on any atom is -0.504 e. The summed E-state index contributed by atoms with van der Waals surface area (Å²) in [5.41, 5.74) is 1.16. The zero-order chi connectivity index (χ0) is 35.5. The van der Waals surface area contributed by atoms with Crippen molar-refractivity contribution in [3.63, 3.8) is 0 Å². The number of benzene rings is 4. The lowest BCUT2D eigenvalue weighted by Gasteiger charge is -2.09. The van der Waals surface area contributed by atoms with Gasteiger partial charge in [0.25, 0.3) is 0 Å². The molecule has 0 fully saturated rings. The van der Waals surface area contributed by atoms with Crippen molar-refractivity contribution >= 4 is 58.4 Å². The number of carbonyl (C=O) groups is 4. The lowest BCUT2D eigenvalue weighted by atomic mass is 10.1. The van der Waals surface area contributed by atoms with Gasteiger partial charge in [0.15, 0.2) is 34.6 Å². The maximum absolute atomic E-state index is 12.7. The molecule has 0 saturated carbocycles. The van der Waals surface area contributed by atoms with Crippen molar-refractivity contribution in [2.75, 3.05) is 14.2 Å². The van der Waals surface area contributed by atoms with E-state index in [1.807, 2.05) is 0 Å². The number of ketones is 2. The molecule has 4 N–H and O–H groups in total. The molecule has 4 rings (SSSR count). The number of aromatic carboxylic acids is 2. The molecule has 0 aromatic heterocycles. The minimum atomic E-state index is -1.15. The van der Waals surface area contributed by atoms with Crippen LogP contribution in [0, 0.1) is 0 Å². The number of ether oxygens (including phenoxy) is 2. The van der Waals surface area contributed by atoms with Crippen LogP contribution in [0.4, 0.5) is 22.7 Å². The fourth-order valence-corrected chi connectivity index (χ4v) is 4.30. The first kappa shape index (κ1) is 34.9. The molecule has 0 amide bonds. The zero-order valence-electron chi connectivity index (χ0n) is 26.0. The largest absolute Gasteiger partial charge is 0.504 e. The number of allylic oxidation sites excluding steroid dienone is 2. The summed E-state index contributed by atoms with van der Waals surface area (Å²) in [5, 5.41) is 55.3. The molecule has 0 aliphatic rings. The number of hydrogen-bond donors (Lipinski definition) is 4.